The second kappa shape index (κ2) is 15.3. The lowest BCUT2D eigenvalue weighted by atomic mass is 10.1. The Labute approximate surface area is 164 Å². The molecule has 154 valence electrons. The predicted octanol–water partition coefficient (Wildman–Crippen LogP) is 3.22. The molecule has 0 aliphatic rings. The Hall–Kier alpha value is -1.79. The van der Waals surface area contributed by atoms with Crippen molar-refractivity contribution in [2.45, 2.75) is 40.2 Å². The summed E-state index contributed by atoms with van der Waals surface area (Å²) in [5, 5.41) is 6.63. The van der Waals surface area contributed by atoms with Crippen LogP contribution in [0.5, 0.6) is 5.75 Å². The van der Waals surface area contributed by atoms with Crippen molar-refractivity contribution >= 4 is 5.96 Å². The van der Waals surface area contributed by atoms with E-state index in [1.807, 2.05) is 18.2 Å². The molecular formula is C21H37N3O3. The minimum atomic E-state index is 0.581. The fourth-order valence-corrected chi connectivity index (χ4v) is 2.31. The van der Waals surface area contributed by atoms with E-state index < -0.39 is 0 Å². The van der Waals surface area contributed by atoms with Crippen molar-refractivity contribution in [1.82, 2.24) is 10.6 Å². The zero-order valence-corrected chi connectivity index (χ0v) is 17.4. The third-order valence-corrected chi connectivity index (χ3v) is 3.87. The molecule has 0 heterocycles. The number of guanidine groups is 1. The van der Waals surface area contributed by atoms with Crippen LogP contribution in [0.4, 0.5) is 0 Å². The van der Waals surface area contributed by atoms with Crippen LogP contribution in [0.25, 0.3) is 0 Å². The van der Waals surface area contributed by atoms with E-state index in [0.29, 0.717) is 32.3 Å². The average molecular weight is 380 g/mol. The normalized spacial score (nSPS) is 11.7. The first-order chi connectivity index (χ1) is 13.2. The molecule has 0 bridgehead atoms. The van der Waals surface area contributed by atoms with Crippen molar-refractivity contribution in [2.75, 3.05) is 46.6 Å². The maximum Gasteiger partial charge on any atom is 0.191 e. The molecule has 6 nitrogen and oxygen atoms in total. The molecule has 0 aromatic heterocycles. The number of hydrogen-bond acceptors (Lipinski definition) is 4. The van der Waals surface area contributed by atoms with Crippen LogP contribution in [0.15, 0.2) is 29.3 Å². The number of ether oxygens (including phenoxy) is 3. The smallest absolute Gasteiger partial charge is 0.191 e. The van der Waals surface area contributed by atoms with E-state index in [1.165, 1.54) is 0 Å². The van der Waals surface area contributed by atoms with Gasteiger partial charge in [-0.1, -0.05) is 32.0 Å². The van der Waals surface area contributed by atoms with Crippen molar-refractivity contribution in [2.24, 2.45) is 10.9 Å². The van der Waals surface area contributed by atoms with Crippen molar-refractivity contribution in [3.63, 3.8) is 0 Å². The number of methoxy groups -OCH3 is 1. The zero-order chi connectivity index (χ0) is 19.7. The maximum atomic E-state index is 5.95. The quantitative estimate of drug-likeness (QED) is 0.295. The van der Waals surface area contributed by atoms with Gasteiger partial charge < -0.3 is 24.8 Å². The molecular weight excluding hydrogens is 342 g/mol. The van der Waals surface area contributed by atoms with E-state index in [4.69, 9.17) is 14.2 Å². The molecule has 0 saturated carbocycles. The highest BCUT2D eigenvalue weighted by Gasteiger charge is 2.04. The van der Waals surface area contributed by atoms with Crippen LogP contribution in [0, 0.1) is 5.92 Å². The molecule has 0 saturated heterocycles. The van der Waals surface area contributed by atoms with Crippen LogP contribution in [0.3, 0.4) is 0 Å². The van der Waals surface area contributed by atoms with E-state index in [1.54, 1.807) is 7.11 Å². The second-order valence-electron chi connectivity index (χ2n) is 6.72. The van der Waals surface area contributed by atoms with E-state index in [0.717, 1.165) is 49.8 Å². The van der Waals surface area contributed by atoms with Crippen LogP contribution in [-0.4, -0.2) is 52.6 Å². The van der Waals surface area contributed by atoms with Gasteiger partial charge in [-0.05, 0) is 31.7 Å². The van der Waals surface area contributed by atoms with Gasteiger partial charge in [-0.25, -0.2) is 4.99 Å². The molecule has 0 radical (unpaired) electrons. The third kappa shape index (κ3) is 11.5. The van der Waals surface area contributed by atoms with E-state index >= 15 is 0 Å². The van der Waals surface area contributed by atoms with E-state index in [-0.39, 0.29) is 0 Å². The Bertz CT molecular complexity index is 521. The first-order valence-corrected chi connectivity index (χ1v) is 9.96. The fourth-order valence-electron chi connectivity index (χ4n) is 2.31. The van der Waals surface area contributed by atoms with Gasteiger partial charge in [0.25, 0.3) is 0 Å². The highest BCUT2D eigenvalue weighted by atomic mass is 16.5. The summed E-state index contributed by atoms with van der Waals surface area (Å²) >= 11 is 0. The van der Waals surface area contributed by atoms with E-state index in [9.17, 15) is 0 Å². The number of rotatable bonds is 14. The number of hydrogen-bond donors (Lipinski definition) is 2. The van der Waals surface area contributed by atoms with Gasteiger partial charge in [0.15, 0.2) is 5.96 Å². The van der Waals surface area contributed by atoms with Crippen LogP contribution >= 0.6 is 0 Å². The molecule has 0 spiro atoms. The molecule has 0 unspecified atom stereocenters. The molecule has 1 aromatic carbocycles. The predicted molar refractivity (Wildman–Crippen MR) is 112 cm³/mol. The number of benzene rings is 1. The topological polar surface area (TPSA) is 64.1 Å². The van der Waals surface area contributed by atoms with Gasteiger partial charge in [0.1, 0.15) is 5.75 Å². The molecule has 27 heavy (non-hydrogen) atoms. The van der Waals surface area contributed by atoms with Gasteiger partial charge in [0.2, 0.25) is 0 Å². The van der Waals surface area contributed by atoms with Gasteiger partial charge in [-0.3, -0.25) is 0 Å². The molecule has 1 aromatic rings. The minimum Gasteiger partial charge on any atom is -0.493 e. The summed E-state index contributed by atoms with van der Waals surface area (Å²) in [5.74, 6) is 2.37. The lowest BCUT2D eigenvalue weighted by molar-refractivity contribution is 0.0698. The number of nitrogens with one attached hydrogen (secondary N) is 2. The molecule has 0 amide bonds. The first-order valence-electron chi connectivity index (χ1n) is 9.96. The Morgan fingerprint density at radius 3 is 2.63 bits per heavy atom. The summed E-state index contributed by atoms with van der Waals surface area (Å²) in [6.07, 6.45) is 1.97. The summed E-state index contributed by atoms with van der Waals surface area (Å²) < 4.78 is 16.4. The second-order valence-corrected chi connectivity index (χ2v) is 6.72. The van der Waals surface area contributed by atoms with E-state index in [2.05, 4.69) is 42.5 Å². The lowest BCUT2D eigenvalue weighted by Crippen LogP contribution is -2.38. The maximum absolute atomic E-state index is 5.95. The standard InChI is InChI=1S/C21H37N3O3/c1-5-22-21(23-12-8-13-26-16-15-25-4)24-17-19-9-6-7-10-20(19)27-14-11-18(2)3/h6-7,9-10,18H,5,8,11-17H2,1-4H3,(H2,22,23,24). The van der Waals surface area contributed by atoms with Crippen molar-refractivity contribution < 1.29 is 14.2 Å². The molecule has 6 heteroatoms. The lowest BCUT2D eigenvalue weighted by Gasteiger charge is -2.13. The summed E-state index contributed by atoms with van der Waals surface area (Å²) in [6, 6.07) is 8.12. The zero-order valence-electron chi connectivity index (χ0n) is 17.4. The molecule has 2 N–H and O–H groups in total. The summed E-state index contributed by atoms with van der Waals surface area (Å²) in [5.41, 5.74) is 1.10. The Balaban J connectivity index is 2.47. The summed E-state index contributed by atoms with van der Waals surface area (Å²) in [6.45, 7) is 11.4. The number of aliphatic imine (C=N–C) groups is 1. The highest BCUT2D eigenvalue weighted by Crippen LogP contribution is 2.19. The monoisotopic (exact) mass is 379 g/mol. The summed E-state index contributed by atoms with van der Waals surface area (Å²) in [7, 11) is 1.68. The minimum absolute atomic E-state index is 0.581. The van der Waals surface area contributed by atoms with Gasteiger partial charge in [0, 0.05) is 32.4 Å². The van der Waals surface area contributed by atoms with Gasteiger partial charge in [0.05, 0.1) is 26.4 Å². The van der Waals surface area contributed by atoms with Gasteiger partial charge in [-0.15, -0.1) is 0 Å². The molecule has 1 rings (SSSR count). The SMILES string of the molecule is CCNC(=NCc1ccccc1OCCC(C)C)NCCCOCCOC. The molecule has 0 atom stereocenters. The average Bonchev–Trinajstić information content (AvgIpc) is 2.66. The first kappa shape index (κ1) is 23.2. The Morgan fingerprint density at radius 2 is 1.89 bits per heavy atom. The van der Waals surface area contributed by atoms with Gasteiger partial charge in [-0.2, -0.15) is 0 Å². The Kier molecular flexibility index (Phi) is 13.2. The highest BCUT2D eigenvalue weighted by molar-refractivity contribution is 5.79. The molecule has 0 fully saturated rings. The number of para-hydroxylation sites is 1. The van der Waals surface area contributed by atoms with Crippen LogP contribution in [-0.2, 0) is 16.0 Å². The van der Waals surface area contributed by atoms with Crippen LogP contribution in [0.1, 0.15) is 39.2 Å². The summed E-state index contributed by atoms with van der Waals surface area (Å²) in [4.78, 5) is 4.69. The molecule has 0 aliphatic carbocycles. The van der Waals surface area contributed by atoms with Crippen molar-refractivity contribution in [3.05, 3.63) is 29.8 Å². The largest absolute Gasteiger partial charge is 0.493 e. The van der Waals surface area contributed by atoms with Crippen LogP contribution < -0.4 is 15.4 Å². The van der Waals surface area contributed by atoms with Crippen molar-refractivity contribution in [1.29, 1.82) is 0 Å². The Morgan fingerprint density at radius 1 is 1.07 bits per heavy atom. The molecule has 0 aliphatic heterocycles. The number of nitrogens with zero attached hydrogens (tertiary/aromatic N) is 1. The van der Waals surface area contributed by atoms with Crippen LogP contribution in [0.2, 0.25) is 0 Å². The third-order valence-electron chi connectivity index (χ3n) is 3.87. The van der Waals surface area contributed by atoms with Crippen molar-refractivity contribution in [3.8, 4) is 5.75 Å². The van der Waals surface area contributed by atoms with Gasteiger partial charge >= 0.3 is 0 Å². The fraction of sp³-hybridized carbons (Fsp3) is 0.667.